The van der Waals surface area contributed by atoms with E-state index in [0.717, 1.165) is 24.0 Å². The third kappa shape index (κ3) is 2.47. The summed E-state index contributed by atoms with van der Waals surface area (Å²) in [7, 11) is 0. The average molecular weight is 414 g/mol. The standard InChI is InChI=1S/C24H30O6/c1-22-8-7-17-18(4-3-15-10-16(26)6-9-23(15,17)13-25)24(22,29)11-19(27)21(22)14-2-5-20(28)30-12-14/h2,5,10,12,17-19,21,25,27,29H,3-4,6-9,11,13H2,1H3/t17-,18+,19-,21-,22+,23+,24-/m0/s1. The second kappa shape index (κ2) is 6.62. The summed E-state index contributed by atoms with van der Waals surface area (Å²) in [4.78, 5) is 23.5. The van der Waals surface area contributed by atoms with Crippen molar-refractivity contribution in [3.63, 3.8) is 0 Å². The van der Waals surface area contributed by atoms with Gasteiger partial charge in [-0.05, 0) is 61.6 Å². The van der Waals surface area contributed by atoms with Gasteiger partial charge in [0.15, 0.2) is 5.78 Å². The van der Waals surface area contributed by atoms with E-state index in [9.17, 15) is 24.9 Å². The molecule has 0 aliphatic heterocycles. The number of hydrogen-bond donors (Lipinski definition) is 3. The summed E-state index contributed by atoms with van der Waals surface area (Å²) < 4.78 is 5.08. The van der Waals surface area contributed by atoms with Gasteiger partial charge in [-0.1, -0.05) is 12.5 Å². The van der Waals surface area contributed by atoms with Crippen LogP contribution >= 0.6 is 0 Å². The molecule has 0 spiro atoms. The second-order valence-electron chi connectivity index (χ2n) is 10.2. The highest BCUT2D eigenvalue weighted by atomic mass is 16.4. The lowest BCUT2D eigenvalue weighted by atomic mass is 9.45. The SMILES string of the molecule is C[C@]12CC[C@H]3[C@@H](CCC4=CC(=O)CC[C@@]43CO)[C@@]1(O)C[C@H](O)[C@@H]2c1ccc(=O)oc1. The van der Waals surface area contributed by atoms with Crippen molar-refractivity contribution in [2.75, 3.05) is 6.61 Å². The molecule has 6 heteroatoms. The molecule has 30 heavy (non-hydrogen) atoms. The minimum absolute atomic E-state index is 0.00407. The zero-order valence-corrected chi connectivity index (χ0v) is 17.3. The van der Waals surface area contributed by atoms with Crippen molar-refractivity contribution in [1.29, 1.82) is 0 Å². The number of aliphatic hydroxyl groups excluding tert-OH is 2. The predicted octanol–water partition coefficient (Wildman–Crippen LogP) is 2.31. The summed E-state index contributed by atoms with van der Waals surface area (Å²) in [5.41, 5.74) is -0.707. The van der Waals surface area contributed by atoms with E-state index in [2.05, 4.69) is 6.92 Å². The van der Waals surface area contributed by atoms with E-state index in [1.54, 1.807) is 12.1 Å². The van der Waals surface area contributed by atoms with E-state index < -0.39 is 28.2 Å². The fraction of sp³-hybridized carbons (Fsp3) is 0.667. The van der Waals surface area contributed by atoms with Crippen LogP contribution in [-0.4, -0.2) is 39.4 Å². The lowest BCUT2D eigenvalue weighted by molar-refractivity contribution is -0.184. The molecule has 1 aromatic heterocycles. The molecule has 1 heterocycles. The van der Waals surface area contributed by atoms with Crippen LogP contribution in [0.3, 0.4) is 0 Å². The summed E-state index contributed by atoms with van der Waals surface area (Å²) >= 11 is 0. The normalized spacial score (nSPS) is 45.3. The van der Waals surface area contributed by atoms with Gasteiger partial charge in [0.1, 0.15) is 0 Å². The van der Waals surface area contributed by atoms with Crippen LogP contribution in [0, 0.1) is 22.7 Å². The predicted molar refractivity (Wildman–Crippen MR) is 109 cm³/mol. The molecule has 7 atom stereocenters. The van der Waals surface area contributed by atoms with Gasteiger partial charge in [-0.2, -0.15) is 0 Å². The molecule has 0 amide bonds. The maximum atomic E-state index is 12.2. The Morgan fingerprint density at radius 1 is 1.13 bits per heavy atom. The van der Waals surface area contributed by atoms with Crippen molar-refractivity contribution in [3.8, 4) is 0 Å². The van der Waals surface area contributed by atoms with Crippen molar-refractivity contribution in [3.05, 3.63) is 46.0 Å². The van der Waals surface area contributed by atoms with Gasteiger partial charge in [0.2, 0.25) is 0 Å². The minimum atomic E-state index is -1.08. The van der Waals surface area contributed by atoms with Crippen LogP contribution in [0.25, 0.3) is 0 Å². The molecule has 5 rings (SSSR count). The van der Waals surface area contributed by atoms with Crippen molar-refractivity contribution >= 4 is 5.78 Å². The van der Waals surface area contributed by atoms with E-state index in [1.807, 2.05) is 0 Å². The summed E-state index contributed by atoms with van der Waals surface area (Å²) in [6.07, 6.45) is 6.76. The van der Waals surface area contributed by atoms with Gasteiger partial charge in [0, 0.05) is 35.7 Å². The minimum Gasteiger partial charge on any atom is -0.431 e. The van der Waals surface area contributed by atoms with Crippen LogP contribution in [0.4, 0.5) is 0 Å². The maximum Gasteiger partial charge on any atom is 0.335 e. The number of ketones is 1. The summed E-state index contributed by atoms with van der Waals surface area (Å²) in [6.45, 7) is 2.05. The molecule has 4 aliphatic rings. The molecule has 0 saturated heterocycles. The van der Waals surface area contributed by atoms with E-state index >= 15 is 0 Å². The molecule has 6 nitrogen and oxygen atoms in total. The van der Waals surface area contributed by atoms with Crippen molar-refractivity contribution in [2.24, 2.45) is 22.7 Å². The molecular formula is C24H30O6. The van der Waals surface area contributed by atoms with Crippen molar-refractivity contribution in [1.82, 2.24) is 0 Å². The highest BCUT2D eigenvalue weighted by Gasteiger charge is 2.69. The molecule has 0 unspecified atom stereocenters. The van der Waals surface area contributed by atoms with Crippen LogP contribution in [0.2, 0.25) is 0 Å². The third-order valence-electron chi connectivity index (χ3n) is 9.25. The Morgan fingerprint density at radius 2 is 1.93 bits per heavy atom. The van der Waals surface area contributed by atoms with Gasteiger partial charge in [0.05, 0.1) is 24.6 Å². The molecule has 3 fully saturated rings. The molecular weight excluding hydrogens is 384 g/mol. The van der Waals surface area contributed by atoms with Crippen LogP contribution in [0.5, 0.6) is 0 Å². The lowest BCUT2D eigenvalue weighted by Crippen LogP contribution is -2.61. The fourth-order valence-corrected chi connectivity index (χ4v) is 7.81. The Bertz CT molecular complexity index is 944. The first kappa shape index (κ1) is 20.2. The van der Waals surface area contributed by atoms with E-state index in [0.29, 0.717) is 25.7 Å². The zero-order valence-electron chi connectivity index (χ0n) is 17.3. The highest BCUT2D eigenvalue weighted by molar-refractivity contribution is 5.91. The summed E-state index contributed by atoms with van der Waals surface area (Å²) in [5, 5.41) is 33.7. The Hall–Kier alpha value is -1.76. The Morgan fingerprint density at radius 3 is 2.63 bits per heavy atom. The summed E-state index contributed by atoms with van der Waals surface area (Å²) in [5.74, 6) is -0.144. The Labute approximate surface area is 175 Å². The molecule has 162 valence electrons. The van der Waals surface area contributed by atoms with Gasteiger partial charge in [-0.25, -0.2) is 4.79 Å². The molecule has 3 N–H and O–H groups in total. The van der Waals surface area contributed by atoms with Gasteiger partial charge < -0.3 is 19.7 Å². The number of hydrogen-bond acceptors (Lipinski definition) is 6. The van der Waals surface area contributed by atoms with E-state index in [-0.39, 0.29) is 36.6 Å². The molecule has 0 radical (unpaired) electrons. The molecule has 0 bridgehead atoms. The summed E-state index contributed by atoms with van der Waals surface area (Å²) in [6, 6.07) is 3.07. The van der Waals surface area contributed by atoms with Crippen LogP contribution in [0.15, 0.2) is 39.3 Å². The first-order chi connectivity index (χ1) is 14.2. The number of carbonyl (C=O) groups excluding carboxylic acids is 1. The maximum absolute atomic E-state index is 12.2. The molecule has 0 aromatic carbocycles. The smallest absolute Gasteiger partial charge is 0.335 e. The van der Waals surface area contributed by atoms with Gasteiger partial charge in [-0.3, -0.25) is 4.79 Å². The van der Waals surface area contributed by atoms with E-state index in [4.69, 9.17) is 4.42 Å². The quantitative estimate of drug-likeness (QED) is 0.685. The molecule has 4 aliphatic carbocycles. The van der Waals surface area contributed by atoms with Gasteiger partial charge >= 0.3 is 5.63 Å². The van der Waals surface area contributed by atoms with E-state index in [1.165, 1.54) is 12.3 Å². The van der Waals surface area contributed by atoms with Crippen molar-refractivity contribution in [2.45, 2.75) is 69.5 Å². The largest absolute Gasteiger partial charge is 0.431 e. The fourth-order valence-electron chi connectivity index (χ4n) is 7.81. The third-order valence-corrected chi connectivity index (χ3v) is 9.25. The monoisotopic (exact) mass is 414 g/mol. The average Bonchev–Trinajstić information content (AvgIpc) is 2.93. The number of rotatable bonds is 2. The molecule has 3 saturated carbocycles. The number of fused-ring (bicyclic) bond motifs is 5. The van der Waals surface area contributed by atoms with Gasteiger partial charge in [-0.15, -0.1) is 0 Å². The second-order valence-corrected chi connectivity index (χ2v) is 10.2. The first-order valence-electron chi connectivity index (χ1n) is 11.1. The van der Waals surface area contributed by atoms with Crippen LogP contribution in [-0.2, 0) is 4.79 Å². The Kier molecular flexibility index (Phi) is 4.45. The number of carbonyl (C=O) groups is 1. The lowest BCUT2D eigenvalue weighted by Gasteiger charge is -2.61. The van der Waals surface area contributed by atoms with Gasteiger partial charge in [0.25, 0.3) is 0 Å². The first-order valence-corrected chi connectivity index (χ1v) is 11.1. The zero-order chi connectivity index (χ0) is 21.3. The topological polar surface area (TPSA) is 108 Å². The number of aliphatic hydroxyl groups is 3. The highest BCUT2D eigenvalue weighted by Crippen LogP contribution is 2.69. The van der Waals surface area contributed by atoms with Crippen LogP contribution in [0.1, 0.15) is 63.4 Å². The van der Waals surface area contributed by atoms with Crippen LogP contribution < -0.4 is 5.63 Å². The van der Waals surface area contributed by atoms with Crippen molar-refractivity contribution < 1.29 is 24.5 Å². The Balaban J connectivity index is 1.56. The molecule has 1 aromatic rings.